The Morgan fingerprint density at radius 1 is 1.26 bits per heavy atom. The second kappa shape index (κ2) is 6.77. The average molecular weight is 326 g/mol. The molecule has 0 aromatic heterocycles. The summed E-state index contributed by atoms with van der Waals surface area (Å²) in [7, 11) is 0. The standard InChI is InChI=1S/C17H30N2O4/c1-5-22-13-10-17(18,16(13,3)4)15(21)19-9-7-8-12(11-19)14(20)23-6-2/h12-13H,5-11,18H2,1-4H3. The Balaban J connectivity index is 2.04. The maximum atomic E-state index is 13.0. The van der Waals surface area contributed by atoms with Gasteiger partial charge in [-0.15, -0.1) is 0 Å². The molecule has 1 amide bonds. The van der Waals surface area contributed by atoms with E-state index in [1.807, 2.05) is 20.8 Å². The van der Waals surface area contributed by atoms with Crippen LogP contribution >= 0.6 is 0 Å². The molecule has 3 unspecified atom stereocenters. The van der Waals surface area contributed by atoms with E-state index in [0.717, 1.165) is 12.8 Å². The van der Waals surface area contributed by atoms with Crippen LogP contribution in [0.25, 0.3) is 0 Å². The number of nitrogens with zero attached hydrogens (tertiary/aromatic N) is 1. The number of piperidine rings is 1. The minimum atomic E-state index is -0.913. The molecule has 0 bridgehead atoms. The van der Waals surface area contributed by atoms with Gasteiger partial charge in [-0.05, 0) is 26.7 Å². The van der Waals surface area contributed by atoms with Crippen molar-refractivity contribution < 1.29 is 19.1 Å². The quantitative estimate of drug-likeness (QED) is 0.771. The van der Waals surface area contributed by atoms with Crippen LogP contribution in [-0.2, 0) is 19.1 Å². The number of carbonyl (C=O) groups is 2. The minimum absolute atomic E-state index is 0.00657. The molecule has 1 heterocycles. The number of nitrogens with two attached hydrogens (primary N) is 1. The van der Waals surface area contributed by atoms with Crippen molar-refractivity contribution in [2.75, 3.05) is 26.3 Å². The predicted molar refractivity (Wildman–Crippen MR) is 86.7 cm³/mol. The van der Waals surface area contributed by atoms with Crippen LogP contribution in [0.3, 0.4) is 0 Å². The zero-order chi connectivity index (χ0) is 17.3. The third-order valence-corrected chi connectivity index (χ3v) is 5.54. The smallest absolute Gasteiger partial charge is 0.310 e. The molecule has 0 aromatic rings. The van der Waals surface area contributed by atoms with Gasteiger partial charge in [0.05, 0.1) is 18.6 Å². The van der Waals surface area contributed by atoms with Crippen molar-refractivity contribution in [2.45, 2.75) is 58.6 Å². The summed E-state index contributed by atoms with van der Waals surface area (Å²) < 4.78 is 10.8. The fraction of sp³-hybridized carbons (Fsp3) is 0.882. The van der Waals surface area contributed by atoms with E-state index >= 15 is 0 Å². The SMILES string of the molecule is CCOC(=O)C1CCCN(C(=O)C2(N)CC(OCC)C2(C)C)C1. The summed E-state index contributed by atoms with van der Waals surface area (Å²) >= 11 is 0. The number of amides is 1. The normalized spacial score (nSPS) is 33.0. The molecule has 132 valence electrons. The lowest BCUT2D eigenvalue weighted by molar-refractivity contribution is -0.181. The lowest BCUT2D eigenvalue weighted by Crippen LogP contribution is -2.76. The molecule has 1 saturated heterocycles. The van der Waals surface area contributed by atoms with E-state index < -0.39 is 11.0 Å². The lowest BCUT2D eigenvalue weighted by atomic mass is 9.54. The molecule has 0 aromatic carbocycles. The highest BCUT2D eigenvalue weighted by Crippen LogP contribution is 2.50. The Labute approximate surface area is 138 Å². The van der Waals surface area contributed by atoms with Crippen molar-refractivity contribution in [1.82, 2.24) is 4.90 Å². The van der Waals surface area contributed by atoms with Crippen molar-refractivity contribution in [1.29, 1.82) is 0 Å². The van der Waals surface area contributed by atoms with Crippen LogP contribution in [0.2, 0.25) is 0 Å². The van der Waals surface area contributed by atoms with Crippen molar-refractivity contribution in [3.63, 3.8) is 0 Å². The maximum Gasteiger partial charge on any atom is 0.310 e. The van der Waals surface area contributed by atoms with E-state index in [9.17, 15) is 9.59 Å². The summed E-state index contributed by atoms with van der Waals surface area (Å²) in [5.41, 5.74) is 5.15. The topological polar surface area (TPSA) is 81.9 Å². The van der Waals surface area contributed by atoms with E-state index in [2.05, 4.69) is 0 Å². The highest BCUT2D eigenvalue weighted by molar-refractivity contribution is 5.89. The van der Waals surface area contributed by atoms with Gasteiger partial charge in [-0.25, -0.2) is 0 Å². The van der Waals surface area contributed by atoms with Crippen molar-refractivity contribution in [3.05, 3.63) is 0 Å². The number of carbonyl (C=O) groups excluding carboxylic acids is 2. The number of hydrogen-bond donors (Lipinski definition) is 1. The number of hydrogen-bond acceptors (Lipinski definition) is 5. The van der Waals surface area contributed by atoms with Crippen LogP contribution in [-0.4, -0.2) is 54.7 Å². The van der Waals surface area contributed by atoms with Gasteiger partial charge in [0.25, 0.3) is 0 Å². The largest absolute Gasteiger partial charge is 0.466 e. The average Bonchev–Trinajstić information content (AvgIpc) is 2.54. The summed E-state index contributed by atoms with van der Waals surface area (Å²) in [6.07, 6.45) is 2.12. The lowest BCUT2D eigenvalue weighted by Gasteiger charge is -2.59. The van der Waals surface area contributed by atoms with E-state index in [1.54, 1.807) is 11.8 Å². The van der Waals surface area contributed by atoms with Crippen molar-refractivity contribution in [3.8, 4) is 0 Å². The van der Waals surface area contributed by atoms with Crippen LogP contribution in [0.1, 0.15) is 47.0 Å². The Kier molecular flexibility index (Phi) is 5.36. The zero-order valence-electron chi connectivity index (χ0n) is 14.8. The van der Waals surface area contributed by atoms with E-state index in [1.165, 1.54) is 0 Å². The molecule has 2 fully saturated rings. The number of rotatable bonds is 5. The molecule has 2 aliphatic rings. The Hall–Kier alpha value is -1.14. The highest BCUT2D eigenvalue weighted by Gasteiger charge is 2.63. The minimum Gasteiger partial charge on any atom is -0.466 e. The second-order valence-electron chi connectivity index (χ2n) is 7.18. The summed E-state index contributed by atoms with van der Waals surface area (Å²) in [6, 6.07) is 0. The third kappa shape index (κ3) is 3.11. The number of esters is 1. The predicted octanol–water partition coefficient (Wildman–Crippen LogP) is 1.32. The van der Waals surface area contributed by atoms with Crippen LogP contribution < -0.4 is 5.73 Å². The Morgan fingerprint density at radius 3 is 2.52 bits per heavy atom. The number of likely N-dealkylation sites (tertiary alicyclic amines) is 1. The fourth-order valence-corrected chi connectivity index (χ4v) is 3.69. The van der Waals surface area contributed by atoms with Crippen molar-refractivity contribution in [2.24, 2.45) is 17.1 Å². The molecule has 0 spiro atoms. The zero-order valence-corrected chi connectivity index (χ0v) is 14.8. The van der Waals surface area contributed by atoms with E-state index in [4.69, 9.17) is 15.2 Å². The van der Waals surface area contributed by atoms with Gasteiger partial charge in [-0.2, -0.15) is 0 Å². The van der Waals surface area contributed by atoms with Crippen LogP contribution in [0.4, 0.5) is 0 Å². The molecule has 0 radical (unpaired) electrons. The highest BCUT2D eigenvalue weighted by atomic mass is 16.5. The molecule has 1 aliphatic carbocycles. The summed E-state index contributed by atoms with van der Waals surface area (Å²) in [5, 5.41) is 0. The van der Waals surface area contributed by atoms with Gasteiger partial charge in [-0.1, -0.05) is 13.8 Å². The molecule has 6 heteroatoms. The first kappa shape index (κ1) is 18.2. The fourth-order valence-electron chi connectivity index (χ4n) is 3.69. The van der Waals surface area contributed by atoms with Gasteiger partial charge in [-0.3, -0.25) is 9.59 Å². The van der Waals surface area contributed by atoms with Crippen molar-refractivity contribution >= 4 is 11.9 Å². The van der Waals surface area contributed by atoms with Gasteiger partial charge in [0.1, 0.15) is 5.54 Å². The molecule has 23 heavy (non-hydrogen) atoms. The molecular formula is C17H30N2O4. The van der Waals surface area contributed by atoms with Crippen LogP contribution in [0.15, 0.2) is 0 Å². The summed E-state index contributed by atoms with van der Waals surface area (Å²) in [5.74, 6) is -0.509. The third-order valence-electron chi connectivity index (χ3n) is 5.54. The monoisotopic (exact) mass is 326 g/mol. The molecule has 6 nitrogen and oxygen atoms in total. The Bertz CT molecular complexity index is 466. The van der Waals surface area contributed by atoms with Gasteiger partial charge in [0, 0.05) is 31.5 Å². The van der Waals surface area contributed by atoms with Gasteiger partial charge in [0.15, 0.2) is 0 Å². The van der Waals surface area contributed by atoms with E-state index in [0.29, 0.717) is 32.7 Å². The summed E-state index contributed by atoms with van der Waals surface area (Å²) in [6.45, 7) is 9.77. The van der Waals surface area contributed by atoms with Crippen LogP contribution in [0, 0.1) is 11.3 Å². The first-order chi connectivity index (χ1) is 10.8. The molecule has 2 rings (SSSR count). The first-order valence-electron chi connectivity index (χ1n) is 8.64. The van der Waals surface area contributed by atoms with Crippen LogP contribution in [0.5, 0.6) is 0 Å². The molecular weight excluding hydrogens is 296 g/mol. The maximum absolute atomic E-state index is 13.0. The first-order valence-corrected chi connectivity index (χ1v) is 8.64. The van der Waals surface area contributed by atoms with Gasteiger partial charge >= 0.3 is 5.97 Å². The van der Waals surface area contributed by atoms with E-state index in [-0.39, 0.29) is 23.9 Å². The molecule has 1 saturated carbocycles. The molecule has 2 N–H and O–H groups in total. The molecule has 3 atom stereocenters. The Morgan fingerprint density at radius 2 is 1.96 bits per heavy atom. The van der Waals surface area contributed by atoms with Gasteiger partial charge in [0.2, 0.25) is 5.91 Å². The molecule has 1 aliphatic heterocycles. The summed E-state index contributed by atoms with van der Waals surface area (Å²) in [4.78, 5) is 26.7. The van der Waals surface area contributed by atoms with Gasteiger partial charge < -0.3 is 20.1 Å². The number of ether oxygens (including phenoxy) is 2. The second-order valence-corrected chi connectivity index (χ2v) is 7.18.